The molecule has 0 aliphatic rings. The lowest BCUT2D eigenvalue weighted by atomic mass is 10.2. The fourth-order valence-electron chi connectivity index (χ4n) is 2.06. The molecular formula is C16H12F2N2O2S. The van der Waals surface area contributed by atoms with Gasteiger partial charge in [0.2, 0.25) is 0 Å². The molecule has 0 aliphatic carbocycles. The van der Waals surface area contributed by atoms with Crippen molar-refractivity contribution in [1.82, 2.24) is 9.88 Å². The summed E-state index contributed by atoms with van der Waals surface area (Å²) in [5, 5.41) is 2.22. The van der Waals surface area contributed by atoms with Crippen molar-refractivity contribution in [3.05, 3.63) is 64.9 Å². The number of furan rings is 1. The second-order valence-electron chi connectivity index (χ2n) is 4.91. The molecule has 0 atom stereocenters. The number of thiazole rings is 1. The first-order valence-corrected chi connectivity index (χ1v) is 7.61. The summed E-state index contributed by atoms with van der Waals surface area (Å²) in [6.07, 6.45) is 1.53. The van der Waals surface area contributed by atoms with Crippen molar-refractivity contribution < 1.29 is 18.0 Å². The number of benzene rings is 1. The van der Waals surface area contributed by atoms with Gasteiger partial charge >= 0.3 is 0 Å². The molecule has 1 amide bonds. The second kappa shape index (κ2) is 6.29. The maximum absolute atomic E-state index is 13.7. The Balaban J connectivity index is 1.75. The Morgan fingerprint density at radius 3 is 2.87 bits per heavy atom. The molecule has 0 fully saturated rings. The molecule has 0 saturated heterocycles. The van der Waals surface area contributed by atoms with Crippen LogP contribution in [0.15, 0.2) is 46.4 Å². The third kappa shape index (κ3) is 3.29. The molecule has 2 aromatic heterocycles. The highest BCUT2D eigenvalue weighted by Gasteiger charge is 2.18. The minimum Gasteiger partial charge on any atom is -0.462 e. The van der Waals surface area contributed by atoms with Gasteiger partial charge in [-0.15, -0.1) is 11.3 Å². The van der Waals surface area contributed by atoms with Gasteiger partial charge in [0.1, 0.15) is 17.3 Å². The van der Waals surface area contributed by atoms with Crippen LogP contribution in [0.5, 0.6) is 0 Å². The van der Waals surface area contributed by atoms with E-state index in [4.69, 9.17) is 4.42 Å². The fraction of sp³-hybridized carbons (Fsp3) is 0.125. The van der Waals surface area contributed by atoms with Crippen molar-refractivity contribution in [2.24, 2.45) is 0 Å². The first-order valence-electron chi connectivity index (χ1n) is 6.73. The van der Waals surface area contributed by atoms with Crippen LogP contribution in [-0.4, -0.2) is 22.8 Å². The van der Waals surface area contributed by atoms with Gasteiger partial charge in [-0.05, 0) is 18.2 Å². The molecule has 0 aliphatic heterocycles. The van der Waals surface area contributed by atoms with Crippen LogP contribution in [0.3, 0.4) is 0 Å². The quantitative estimate of drug-likeness (QED) is 0.726. The van der Waals surface area contributed by atoms with E-state index >= 15 is 0 Å². The molecule has 0 bridgehead atoms. The lowest BCUT2D eigenvalue weighted by Gasteiger charge is -2.16. The summed E-state index contributed by atoms with van der Waals surface area (Å²) in [7, 11) is 1.54. The molecular weight excluding hydrogens is 322 g/mol. The van der Waals surface area contributed by atoms with Crippen LogP contribution < -0.4 is 0 Å². The molecule has 0 spiro atoms. The maximum Gasteiger partial charge on any atom is 0.273 e. The average Bonchev–Trinajstić information content (AvgIpc) is 3.19. The van der Waals surface area contributed by atoms with Gasteiger partial charge in [-0.25, -0.2) is 13.8 Å². The van der Waals surface area contributed by atoms with Gasteiger partial charge in [-0.3, -0.25) is 4.79 Å². The Kier molecular flexibility index (Phi) is 4.20. The van der Waals surface area contributed by atoms with Gasteiger partial charge in [0, 0.05) is 30.6 Å². The number of nitrogens with zero attached hydrogens (tertiary/aromatic N) is 2. The number of aromatic nitrogens is 1. The van der Waals surface area contributed by atoms with E-state index in [2.05, 4.69) is 4.98 Å². The van der Waals surface area contributed by atoms with Crippen molar-refractivity contribution in [3.8, 4) is 10.8 Å². The van der Waals surface area contributed by atoms with E-state index in [1.54, 1.807) is 17.5 Å². The van der Waals surface area contributed by atoms with E-state index in [0.29, 0.717) is 10.8 Å². The lowest BCUT2D eigenvalue weighted by molar-refractivity contribution is 0.0779. The number of rotatable bonds is 4. The van der Waals surface area contributed by atoms with Crippen molar-refractivity contribution in [2.75, 3.05) is 7.05 Å². The van der Waals surface area contributed by atoms with Gasteiger partial charge in [0.25, 0.3) is 5.91 Å². The number of halogens is 2. The number of carbonyl (C=O) groups excluding carboxylic acids is 1. The van der Waals surface area contributed by atoms with E-state index in [-0.39, 0.29) is 23.7 Å². The molecule has 4 nitrogen and oxygen atoms in total. The van der Waals surface area contributed by atoms with Crippen LogP contribution >= 0.6 is 11.3 Å². The summed E-state index contributed by atoms with van der Waals surface area (Å²) in [6.45, 7) is 0.0263. The minimum atomic E-state index is -0.681. The van der Waals surface area contributed by atoms with Crippen LogP contribution in [0.1, 0.15) is 16.1 Å². The van der Waals surface area contributed by atoms with Crippen molar-refractivity contribution in [1.29, 1.82) is 0 Å². The zero-order valence-electron chi connectivity index (χ0n) is 12.1. The van der Waals surface area contributed by atoms with E-state index < -0.39 is 11.6 Å². The van der Waals surface area contributed by atoms with Crippen molar-refractivity contribution >= 4 is 17.2 Å². The Hall–Kier alpha value is -2.54. The van der Waals surface area contributed by atoms with Gasteiger partial charge < -0.3 is 9.32 Å². The first kappa shape index (κ1) is 15.4. The summed E-state index contributed by atoms with van der Waals surface area (Å²) >= 11 is 1.29. The van der Waals surface area contributed by atoms with E-state index in [9.17, 15) is 13.6 Å². The monoisotopic (exact) mass is 334 g/mol. The van der Waals surface area contributed by atoms with Crippen LogP contribution in [0.4, 0.5) is 8.78 Å². The fourth-order valence-corrected chi connectivity index (χ4v) is 2.82. The lowest BCUT2D eigenvalue weighted by Crippen LogP contribution is -2.26. The summed E-state index contributed by atoms with van der Waals surface area (Å²) in [5.41, 5.74) is 0.496. The number of hydrogen-bond donors (Lipinski definition) is 0. The number of amides is 1. The second-order valence-corrected chi connectivity index (χ2v) is 5.77. The van der Waals surface area contributed by atoms with Gasteiger partial charge in [0.05, 0.1) is 6.26 Å². The molecule has 118 valence electrons. The molecule has 0 radical (unpaired) electrons. The Labute approximate surface area is 135 Å². The van der Waals surface area contributed by atoms with E-state index in [1.165, 1.54) is 35.6 Å². The van der Waals surface area contributed by atoms with E-state index in [1.807, 2.05) is 0 Å². The molecule has 7 heteroatoms. The standard InChI is InChI=1S/C16H12F2N2O2S/c1-20(8-10-4-5-11(17)7-12(10)18)16(21)13-9-23-15(19-13)14-3-2-6-22-14/h2-7,9H,8H2,1H3. The average molecular weight is 334 g/mol. The van der Waals surface area contributed by atoms with Crippen LogP contribution in [0.2, 0.25) is 0 Å². The molecule has 1 aromatic carbocycles. The summed E-state index contributed by atoms with van der Waals surface area (Å²) < 4.78 is 31.8. The minimum absolute atomic E-state index is 0.0263. The summed E-state index contributed by atoms with van der Waals surface area (Å²) in [4.78, 5) is 17.9. The molecule has 0 unspecified atom stereocenters. The van der Waals surface area contributed by atoms with Gasteiger partial charge in [-0.2, -0.15) is 0 Å². The highest BCUT2D eigenvalue weighted by Crippen LogP contribution is 2.24. The molecule has 0 saturated carbocycles. The third-order valence-corrected chi connectivity index (χ3v) is 4.08. The Bertz CT molecular complexity index is 830. The van der Waals surface area contributed by atoms with Gasteiger partial charge in [0.15, 0.2) is 10.8 Å². The maximum atomic E-state index is 13.7. The van der Waals surface area contributed by atoms with Gasteiger partial charge in [-0.1, -0.05) is 6.07 Å². The highest BCUT2D eigenvalue weighted by molar-refractivity contribution is 7.13. The van der Waals surface area contributed by atoms with Crippen molar-refractivity contribution in [3.63, 3.8) is 0 Å². The summed E-state index contributed by atoms with van der Waals surface area (Å²) in [6, 6.07) is 6.77. The van der Waals surface area contributed by atoms with Crippen molar-refractivity contribution in [2.45, 2.75) is 6.54 Å². The van der Waals surface area contributed by atoms with Crippen LogP contribution in [0.25, 0.3) is 10.8 Å². The third-order valence-electron chi connectivity index (χ3n) is 3.22. The largest absolute Gasteiger partial charge is 0.462 e. The molecule has 3 aromatic rings. The molecule has 23 heavy (non-hydrogen) atoms. The predicted octanol–water partition coefficient (Wildman–Crippen LogP) is 3.95. The number of carbonyl (C=O) groups is 1. The Morgan fingerprint density at radius 2 is 2.17 bits per heavy atom. The first-order chi connectivity index (χ1) is 11.0. The normalized spacial score (nSPS) is 10.7. The zero-order valence-corrected chi connectivity index (χ0v) is 12.9. The highest BCUT2D eigenvalue weighted by atomic mass is 32.1. The predicted molar refractivity (Wildman–Crippen MR) is 82.0 cm³/mol. The number of hydrogen-bond acceptors (Lipinski definition) is 4. The summed E-state index contributed by atoms with van der Waals surface area (Å²) in [5.74, 6) is -1.09. The zero-order chi connectivity index (χ0) is 16.4. The Morgan fingerprint density at radius 1 is 1.35 bits per heavy atom. The molecule has 0 N–H and O–H groups in total. The van der Waals surface area contributed by atoms with E-state index in [0.717, 1.165) is 12.1 Å². The molecule has 2 heterocycles. The van der Waals surface area contributed by atoms with Crippen LogP contribution in [-0.2, 0) is 6.54 Å². The smallest absolute Gasteiger partial charge is 0.273 e. The topological polar surface area (TPSA) is 46.3 Å². The van der Waals surface area contributed by atoms with Crippen LogP contribution in [0, 0.1) is 11.6 Å². The molecule has 3 rings (SSSR count). The SMILES string of the molecule is CN(Cc1ccc(F)cc1F)C(=O)c1csc(-c2ccco2)n1.